The fourth-order valence-corrected chi connectivity index (χ4v) is 1.92. The molecule has 0 aliphatic heterocycles. The summed E-state index contributed by atoms with van der Waals surface area (Å²) in [5.41, 5.74) is 2.54. The van der Waals surface area contributed by atoms with Crippen molar-refractivity contribution in [2.45, 2.75) is 26.8 Å². The lowest BCUT2D eigenvalue weighted by Crippen LogP contribution is -2.11. The lowest BCUT2D eigenvalue weighted by molar-refractivity contribution is 0.582. The Balaban J connectivity index is 2.41. The van der Waals surface area contributed by atoms with E-state index in [4.69, 9.17) is 0 Å². The van der Waals surface area contributed by atoms with Crippen molar-refractivity contribution in [3.8, 4) is 0 Å². The van der Waals surface area contributed by atoms with E-state index in [1.165, 1.54) is 11.4 Å². The van der Waals surface area contributed by atoms with Gasteiger partial charge in [-0.25, -0.2) is 4.98 Å². The highest BCUT2D eigenvalue weighted by molar-refractivity contribution is 5.17. The number of hydrogen-bond donors (Lipinski definition) is 1. The molecule has 2 aromatic rings. The summed E-state index contributed by atoms with van der Waals surface area (Å²) in [6.07, 6.45) is 3.65. The molecule has 1 unspecified atom stereocenters. The molecule has 0 bridgehead atoms. The summed E-state index contributed by atoms with van der Waals surface area (Å²) < 4.78 is 2.28. The predicted octanol–water partition coefficient (Wildman–Crippen LogP) is 2.44. The molecule has 0 aliphatic rings. The second-order valence-corrected chi connectivity index (χ2v) is 3.64. The van der Waals surface area contributed by atoms with Crippen molar-refractivity contribution in [3.63, 3.8) is 0 Å². The van der Waals surface area contributed by atoms with Gasteiger partial charge in [0.2, 0.25) is 0 Å². The Morgan fingerprint density at radius 1 is 1.29 bits per heavy atom. The fraction of sp³-hybridized carbons (Fsp3) is 0.364. The number of nitrogens with one attached hydrogen (secondary N) is 1. The van der Waals surface area contributed by atoms with Crippen molar-refractivity contribution >= 4 is 0 Å². The summed E-state index contributed by atoms with van der Waals surface area (Å²) in [6, 6.07) is 4.55. The monoisotopic (exact) mass is 189 g/mol. The second kappa shape index (κ2) is 3.33. The van der Waals surface area contributed by atoms with Crippen LogP contribution in [0.1, 0.15) is 30.2 Å². The Hall–Kier alpha value is -1.51. The van der Waals surface area contributed by atoms with Gasteiger partial charge in [-0.2, -0.15) is 0 Å². The quantitative estimate of drug-likeness (QED) is 0.773. The number of H-pyrrole nitrogens is 1. The lowest BCUT2D eigenvalue weighted by atomic mass is 10.3. The third kappa shape index (κ3) is 1.35. The highest BCUT2D eigenvalue weighted by atomic mass is 15.1. The minimum Gasteiger partial charge on any atom is -0.347 e. The van der Waals surface area contributed by atoms with Gasteiger partial charge < -0.3 is 9.55 Å². The zero-order chi connectivity index (χ0) is 10.1. The average Bonchev–Trinajstić information content (AvgIpc) is 2.75. The van der Waals surface area contributed by atoms with Gasteiger partial charge in [0.1, 0.15) is 5.82 Å². The van der Waals surface area contributed by atoms with Gasteiger partial charge in [0.15, 0.2) is 0 Å². The van der Waals surface area contributed by atoms with Gasteiger partial charge in [-0.1, -0.05) is 0 Å². The van der Waals surface area contributed by atoms with Crippen molar-refractivity contribution < 1.29 is 0 Å². The smallest absolute Gasteiger partial charge is 0.128 e. The molecule has 74 valence electrons. The zero-order valence-electron chi connectivity index (χ0n) is 8.78. The Kier molecular flexibility index (Phi) is 2.15. The van der Waals surface area contributed by atoms with Crippen molar-refractivity contribution in [1.82, 2.24) is 14.5 Å². The van der Waals surface area contributed by atoms with E-state index in [0.717, 1.165) is 5.82 Å². The first kappa shape index (κ1) is 9.06. The maximum atomic E-state index is 4.28. The summed E-state index contributed by atoms with van der Waals surface area (Å²) >= 11 is 0. The van der Waals surface area contributed by atoms with E-state index in [1.54, 1.807) is 6.20 Å². The molecule has 0 fully saturated rings. The number of nitrogens with zero attached hydrogens (tertiary/aromatic N) is 2. The summed E-state index contributed by atoms with van der Waals surface area (Å²) in [6.45, 7) is 6.39. The average molecular weight is 189 g/mol. The number of aromatic nitrogens is 3. The Bertz CT molecular complexity index is 392. The number of imidazole rings is 1. The first-order valence-electron chi connectivity index (χ1n) is 4.84. The van der Waals surface area contributed by atoms with Crippen LogP contribution in [0.5, 0.6) is 0 Å². The molecule has 2 aromatic heterocycles. The van der Waals surface area contributed by atoms with Crippen molar-refractivity contribution in [2.75, 3.05) is 0 Å². The van der Waals surface area contributed by atoms with Crippen LogP contribution < -0.4 is 0 Å². The maximum absolute atomic E-state index is 4.28. The molecule has 3 heteroatoms. The molecule has 0 aromatic carbocycles. The molecule has 0 saturated heterocycles. The van der Waals surface area contributed by atoms with Crippen LogP contribution in [0.25, 0.3) is 0 Å². The van der Waals surface area contributed by atoms with E-state index in [1.807, 2.05) is 6.20 Å². The first-order chi connectivity index (χ1) is 6.70. The highest BCUT2D eigenvalue weighted by Crippen LogP contribution is 2.19. The van der Waals surface area contributed by atoms with Crippen LogP contribution in [-0.4, -0.2) is 14.5 Å². The third-order valence-corrected chi connectivity index (χ3v) is 2.63. The molecule has 1 atom stereocenters. The van der Waals surface area contributed by atoms with Crippen LogP contribution in [0.4, 0.5) is 0 Å². The third-order valence-electron chi connectivity index (χ3n) is 2.63. The van der Waals surface area contributed by atoms with Crippen LogP contribution in [0, 0.1) is 13.8 Å². The number of rotatable bonds is 2. The van der Waals surface area contributed by atoms with E-state index in [9.17, 15) is 0 Å². The van der Waals surface area contributed by atoms with E-state index in [2.05, 4.69) is 47.4 Å². The van der Waals surface area contributed by atoms with E-state index in [-0.39, 0.29) is 6.04 Å². The normalized spacial score (nSPS) is 13.1. The largest absolute Gasteiger partial charge is 0.347 e. The number of aryl methyl sites for hydroxylation is 2. The van der Waals surface area contributed by atoms with E-state index >= 15 is 0 Å². The van der Waals surface area contributed by atoms with Gasteiger partial charge in [0, 0.05) is 23.8 Å². The molecular formula is C11H15N3. The standard InChI is InChI=1S/C11H15N3/c1-8-4-5-9(2)14(8)10(3)11-12-6-7-13-11/h4-7,10H,1-3H3,(H,12,13). The SMILES string of the molecule is Cc1ccc(C)n1C(C)c1ncc[nH]1. The van der Waals surface area contributed by atoms with Crippen LogP contribution in [0.15, 0.2) is 24.5 Å². The van der Waals surface area contributed by atoms with E-state index < -0.39 is 0 Å². The summed E-state index contributed by atoms with van der Waals surface area (Å²) in [7, 11) is 0. The molecule has 1 N–H and O–H groups in total. The van der Waals surface area contributed by atoms with Crippen molar-refractivity contribution in [2.24, 2.45) is 0 Å². The second-order valence-electron chi connectivity index (χ2n) is 3.64. The Labute approximate surface area is 83.8 Å². The molecule has 0 spiro atoms. The van der Waals surface area contributed by atoms with Crippen molar-refractivity contribution in [1.29, 1.82) is 0 Å². The Morgan fingerprint density at radius 2 is 1.93 bits per heavy atom. The van der Waals surface area contributed by atoms with Gasteiger partial charge >= 0.3 is 0 Å². The summed E-state index contributed by atoms with van der Waals surface area (Å²) in [4.78, 5) is 7.43. The molecule has 3 nitrogen and oxygen atoms in total. The number of hydrogen-bond acceptors (Lipinski definition) is 1. The van der Waals surface area contributed by atoms with Gasteiger partial charge in [-0.05, 0) is 32.9 Å². The maximum Gasteiger partial charge on any atom is 0.128 e. The predicted molar refractivity (Wildman–Crippen MR) is 56.3 cm³/mol. The van der Waals surface area contributed by atoms with Crippen LogP contribution >= 0.6 is 0 Å². The fourth-order valence-electron chi connectivity index (χ4n) is 1.92. The summed E-state index contributed by atoms with van der Waals surface area (Å²) in [5, 5.41) is 0. The molecule has 0 radical (unpaired) electrons. The summed E-state index contributed by atoms with van der Waals surface area (Å²) in [5.74, 6) is 1.01. The van der Waals surface area contributed by atoms with Crippen molar-refractivity contribution in [3.05, 3.63) is 41.7 Å². The lowest BCUT2D eigenvalue weighted by Gasteiger charge is -2.16. The molecule has 14 heavy (non-hydrogen) atoms. The molecular weight excluding hydrogens is 174 g/mol. The minimum absolute atomic E-state index is 0.278. The zero-order valence-corrected chi connectivity index (χ0v) is 8.78. The molecule has 0 saturated carbocycles. The van der Waals surface area contributed by atoms with Gasteiger partial charge in [0.05, 0.1) is 6.04 Å². The van der Waals surface area contributed by atoms with E-state index in [0.29, 0.717) is 0 Å². The highest BCUT2D eigenvalue weighted by Gasteiger charge is 2.12. The molecule has 2 heterocycles. The van der Waals surface area contributed by atoms with Crippen LogP contribution in [0.3, 0.4) is 0 Å². The molecule has 0 amide bonds. The van der Waals surface area contributed by atoms with Gasteiger partial charge in [-0.3, -0.25) is 0 Å². The number of aromatic amines is 1. The topological polar surface area (TPSA) is 33.6 Å². The Morgan fingerprint density at radius 3 is 2.43 bits per heavy atom. The first-order valence-corrected chi connectivity index (χ1v) is 4.84. The van der Waals surface area contributed by atoms with Crippen LogP contribution in [0.2, 0.25) is 0 Å². The van der Waals surface area contributed by atoms with Gasteiger partial charge in [-0.15, -0.1) is 0 Å². The minimum atomic E-state index is 0.278. The van der Waals surface area contributed by atoms with Crippen LogP contribution in [-0.2, 0) is 0 Å². The molecule has 2 rings (SSSR count). The molecule has 0 aliphatic carbocycles. The van der Waals surface area contributed by atoms with Gasteiger partial charge in [0.25, 0.3) is 0 Å².